The first-order chi connectivity index (χ1) is 11.0. The second kappa shape index (κ2) is 8.31. The van der Waals surface area contributed by atoms with Crippen LogP contribution in [0.2, 0.25) is 0 Å². The zero-order valence-corrected chi connectivity index (χ0v) is 15.4. The van der Waals surface area contributed by atoms with Crippen LogP contribution < -0.4 is 10.1 Å². The number of ether oxygens (including phenoxy) is 1. The maximum Gasteiger partial charge on any atom is 0.267 e. The molecule has 2 rings (SSSR count). The third-order valence-electron chi connectivity index (χ3n) is 3.17. The van der Waals surface area contributed by atoms with Crippen molar-refractivity contribution in [3.63, 3.8) is 0 Å². The molecule has 0 saturated heterocycles. The normalized spacial score (nSPS) is 12.0. The number of anilines is 1. The summed E-state index contributed by atoms with van der Waals surface area (Å²) in [6, 6.07) is 5.92. The number of carbonyl (C=O) groups is 1. The van der Waals surface area contributed by atoms with Gasteiger partial charge in [-0.2, -0.15) is 0 Å². The lowest BCUT2D eigenvalue weighted by Crippen LogP contribution is -2.32. The summed E-state index contributed by atoms with van der Waals surface area (Å²) in [6.45, 7) is 7.98. The van der Waals surface area contributed by atoms with Gasteiger partial charge in [0.15, 0.2) is 10.4 Å². The van der Waals surface area contributed by atoms with E-state index in [-0.39, 0.29) is 5.91 Å². The molecule has 1 heterocycles. The number of hydrogen-bond acceptors (Lipinski definition) is 6. The Labute approximate surface area is 144 Å². The Bertz CT molecular complexity index is 673. The van der Waals surface area contributed by atoms with Crippen LogP contribution in [0.3, 0.4) is 0 Å². The van der Waals surface area contributed by atoms with Crippen molar-refractivity contribution in [1.82, 2.24) is 10.2 Å². The summed E-state index contributed by atoms with van der Waals surface area (Å²) in [4.78, 5) is 12.4. The zero-order chi connectivity index (χ0) is 16.8. The molecule has 0 radical (unpaired) electrons. The fraction of sp³-hybridized carbons (Fsp3) is 0.438. The SMILES string of the molecule is CCSc1nnc(NC(=O)[C@@H](CC)Oc2ccc(C)cc2C)s1. The summed E-state index contributed by atoms with van der Waals surface area (Å²) < 4.78 is 6.73. The second-order valence-corrected chi connectivity index (χ2v) is 7.57. The predicted molar refractivity (Wildman–Crippen MR) is 95.6 cm³/mol. The molecule has 23 heavy (non-hydrogen) atoms. The molecule has 5 nitrogen and oxygen atoms in total. The molecule has 1 atom stereocenters. The Hall–Kier alpha value is -1.60. The molecule has 0 spiro atoms. The quantitative estimate of drug-likeness (QED) is 0.602. The van der Waals surface area contributed by atoms with Gasteiger partial charge in [-0.05, 0) is 37.7 Å². The topological polar surface area (TPSA) is 64.1 Å². The third kappa shape index (κ3) is 4.94. The Kier molecular flexibility index (Phi) is 6.41. The van der Waals surface area contributed by atoms with E-state index in [1.807, 2.05) is 39.0 Å². The second-order valence-electron chi connectivity index (χ2n) is 5.08. The molecule has 0 saturated carbocycles. The largest absolute Gasteiger partial charge is 0.480 e. The number of rotatable bonds is 7. The van der Waals surface area contributed by atoms with Gasteiger partial charge in [0.05, 0.1) is 0 Å². The highest BCUT2D eigenvalue weighted by atomic mass is 32.2. The fourth-order valence-corrected chi connectivity index (χ4v) is 3.69. The Morgan fingerprint density at radius 2 is 2.13 bits per heavy atom. The number of thioether (sulfide) groups is 1. The van der Waals surface area contributed by atoms with Crippen molar-refractivity contribution in [3.05, 3.63) is 29.3 Å². The van der Waals surface area contributed by atoms with Gasteiger partial charge in [-0.15, -0.1) is 10.2 Å². The van der Waals surface area contributed by atoms with Gasteiger partial charge in [-0.25, -0.2) is 0 Å². The van der Waals surface area contributed by atoms with Gasteiger partial charge in [0.2, 0.25) is 5.13 Å². The van der Waals surface area contributed by atoms with Crippen LogP contribution in [0.25, 0.3) is 0 Å². The average Bonchev–Trinajstić information content (AvgIpc) is 2.94. The predicted octanol–water partition coefficient (Wildman–Crippen LogP) is 4.06. The smallest absolute Gasteiger partial charge is 0.267 e. The highest BCUT2D eigenvalue weighted by molar-refractivity contribution is 8.01. The van der Waals surface area contributed by atoms with Crippen molar-refractivity contribution >= 4 is 34.1 Å². The summed E-state index contributed by atoms with van der Waals surface area (Å²) in [7, 11) is 0. The van der Waals surface area contributed by atoms with Crippen molar-refractivity contribution in [3.8, 4) is 5.75 Å². The van der Waals surface area contributed by atoms with Crippen molar-refractivity contribution in [1.29, 1.82) is 0 Å². The van der Waals surface area contributed by atoms with Crippen LogP contribution in [0.1, 0.15) is 31.4 Å². The standard InChI is InChI=1S/C16H21N3O2S2/c1-5-12(21-13-8-7-10(3)9-11(13)4)14(20)17-15-18-19-16(23-15)22-6-2/h7-9,12H,5-6H2,1-4H3,(H,17,18,20)/t12-/m1/s1. The van der Waals surface area contributed by atoms with E-state index in [1.165, 1.54) is 16.9 Å². The van der Waals surface area contributed by atoms with E-state index < -0.39 is 6.10 Å². The van der Waals surface area contributed by atoms with E-state index in [2.05, 4.69) is 22.4 Å². The Balaban J connectivity index is 2.02. The number of nitrogens with zero attached hydrogens (tertiary/aromatic N) is 2. The highest BCUT2D eigenvalue weighted by Gasteiger charge is 2.20. The highest BCUT2D eigenvalue weighted by Crippen LogP contribution is 2.26. The molecule has 2 aromatic rings. The van der Waals surface area contributed by atoms with Gasteiger partial charge in [-0.3, -0.25) is 10.1 Å². The molecule has 1 amide bonds. The third-order valence-corrected chi connectivity index (χ3v) is 5.02. The lowest BCUT2D eigenvalue weighted by molar-refractivity contribution is -0.122. The maximum atomic E-state index is 12.4. The first-order valence-electron chi connectivity index (χ1n) is 7.54. The summed E-state index contributed by atoms with van der Waals surface area (Å²) in [6.07, 6.45) is 0.0247. The van der Waals surface area contributed by atoms with E-state index in [4.69, 9.17) is 4.74 Å². The molecule has 1 aromatic carbocycles. The molecule has 1 aromatic heterocycles. The number of amides is 1. The lowest BCUT2D eigenvalue weighted by Gasteiger charge is -2.18. The van der Waals surface area contributed by atoms with E-state index in [1.54, 1.807) is 11.8 Å². The van der Waals surface area contributed by atoms with Crippen molar-refractivity contribution in [2.24, 2.45) is 0 Å². The van der Waals surface area contributed by atoms with E-state index in [0.717, 1.165) is 21.4 Å². The molecule has 0 aliphatic carbocycles. The van der Waals surface area contributed by atoms with Crippen LogP contribution in [-0.4, -0.2) is 28.0 Å². The minimum Gasteiger partial charge on any atom is -0.480 e. The Morgan fingerprint density at radius 3 is 2.78 bits per heavy atom. The van der Waals surface area contributed by atoms with E-state index in [0.29, 0.717) is 11.6 Å². The number of aromatic nitrogens is 2. The monoisotopic (exact) mass is 351 g/mol. The zero-order valence-electron chi connectivity index (χ0n) is 13.8. The van der Waals surface area contributed by atoms with Crippen molar-refractivity contribution < 1.29 is 9.53 Å². The van der Waals surface area contributed by atoms with Gasteiger partial charge >= 0.3 is 0 Å². The number of aryl methyl sites for hydroxylation is 2. The molecule has 0 fully saturated rings. The van der Waals surface area contributed by atoms with Crippen LogP contribution >= 0.6 is 23.1 Å². The van der Waals surface area contributed by atoms with Crippen LogP contribution in [0.5, 0.6) is 5.75 Å². The van der Waals surface area contributed by atoms with Gasteiger partial charge in [0.1, 0.15) is 5.75 Å². The molecule has 0 bridgehead atoms. The van der Waals surface area contributed by atoms with Crippen LogP contribution in [0, 0.1) is 13.8 Å². The fourth-order valence-electron chi connectivity index (χ4n) is 2.04. The lowest BCUT2D eigenvalue weighted by atomic mass is 10.1. The van der Waals surface area contributed by atoms with Gasteiger partial charge in [-0.1, -0.05) is 54.6 Å². The summed E-state index contributed by atoms with van der Waals surface area (Å²) in [5, 5.41) is 11.3. The van der Waals surface area contributed by atoms with Gasteiger partial charge < -0.3 is 4.74 Å². The number of benzene rings is 1. The summed E-state index contributed by atoms with van der Waals surface area (Å²) in [5.41, 5.74) is 2.19. The molecule has 0 aliphatic rings. The van der Waals surface area contributed by atoms with Crippen LogP contribution in [0.15, 0.2) is 22.5 Å². The molecule has 7 heteroatoms. The van der Waals surface area contributed by atoms with Crippen molar-refractivity contribution in [2.75, 3.05) is 11.1 Å². The summed E-state index contributed by atoms with van der Waals surface area (Å²) >= 11 is 2.98. The molecular formula is C16H21N3O2S2. The molecule has 0 unspecified atom stereocenters. The number of hydrogen-bond donors (Lipinski definition) is 1. The average molecular weight is 351 g/mol. The van der Waals surface area contributed by atoms with E-state index >= 15 is 0 Å². The molecular weight excluding hydrogens is 330 g/mol. The van der Waals surface area contributed by atoms with E-state index in [9.17, 15) is 4.79 Å². The first kappa shape index (κ1) is 17.7. The molecule has 0 aliphatic heterocycles. The minimum absolute atomic E-state index is 0.198. The first-order valence-corrected chi connectivity index (χ1v) is 9.34. The minimum atomic E-state index is -0.553. The van der Waals surface area contributed by atoms with Crippen molar-refractivity contribution in [2.45, 2.75) is 44.6 Å². The molecule has 1 N–H and O–H groups in total. The number of nitrogens with one attached hydrogen (secondary N) is 1. The molecule has 124 valence electrons. The maximum absolute atomic E-state index is 12.4. The van der Waals surface area contributed by atoms with Gasteiger partial charge in [0.25, 0.3) is 5.91 Å². The Morgan fingerprint density at radius 1 is 1.35 bits per heavy atom. The summed E-state index contributed by atoms with van der Waals surface area (Å²) in [5.74, 6) is 1.46. The van der Waals surface area contributed by atoms with Crippen LogP contribution in [0.4, 0.5) is 5.13 Å². The number of carbonyl (C=O) groups excluding carboxylic acids is 1. The van der Waals surface area contributed by atoms with Gasteiger partial charge in [0, 0.05) is 0 Å². The van der Waals surface area contributed by atoms with Crippen LogP contribution in [-0.2, 0) is 4.79 Å².